The Kier molecular flexibility index (Phi) is 2.07. The first-order valence-electron chi connectivity index (χ1n) is 4.86. The predicted octanol–water partition coefficient (Wildman–Crippen LogP) is 1.36. The summed E-state index contributed by atoms with van der Waals surface area (Å²) in [7, 11) is 0. The Morgan fingerprint density at radius 1 is 1.46 bits per heavy atom. The van der Waals surface area contributed by atoms with Gasteiger partial charge in [0.2, 0.25) is 5.89 Å². The van der Waals surface area contributed by atoms with Crippen LogP contribution in [0.2, 0.25) is 0 Å². The number of aryl methyl sites for hydroxylation is 1. The third kappa shape index (κ3) is 1.46. The summed E-state index contributed by atoms with van der Waals surface area (Å²) in [6, 6.07) is 0. The summed E-state index contributed by atoms with van der Waals surface area (Å²) in [5, 5.41) is 3.86. The van der Waals surface area contributed by atoms with Crippen LogP contribution in [0.15, 0.2) is 4.52 Å². The van der Waals surface area contributed by atoms with Crippen molar-refractivity contribution in [1.82, 2.24) is 10.1 Å². The monoisotopic (exact) mass is 181 g/mol. The average Bonchev–Trinajstić information content (AvgIpc) is 2.72. The maximum Gasteiger partial charge on any atom is 0.246 e. The highest BCUT2D eigenvalue weighted by molar-refractivity contribution is 5.04. The molecule has 72 valence electrons. The SMILES string of the molecule is CCc1noc(C2(N)CCCC2)n1. The third-order valence-electron chi connectivity index (χ3n) is 2.71. The standard InChI is InChI=1S/C9H15N3O/c1-2-7-11-8(13-12-7)9(10)5-3-4-6-9/h2-6,10H2,1H3. The third-order valence-corrected chi connectivity index (χ3v) is 2.71. The van der Waals surface area contributed by atoms with Crippen molar-refractivity contribution >= 4 is 0 Å². The van der Waals surface area contributed by atoms with Crippen molar-refractivity contribution in [2.24, 2.45) is 5.73 Å². The molecule has 2 rings (SSSR count). The lowest BCUT2D eigenvalue weighted by Crippen LogP contribution is -2.33. The molecule has 1 fully saturated rings. The van der Waals surface area contributed by atoms with E-state index < -0.39 is 0 Å². The van der Waals surface area contributed by atoms with Gasteiger partial charge in [-0.2, -0.15) is 4.98 Å². The van der Waals surface area contributed by atoms with Crippen molar-refractivity contribution in [3.8, 4) is 0 Å². The summed E-state index contributed by atoms with van der Waals surface area (Å²) >= 11 is 0. The van der Waals surface area contributed by atoms with Gasteiger partial charge in [0, 0.05) is 6.42 Å². The Labute approximate surface area is 77.5 Å². The second-order valence-electron chi connectivity index (χ2n) is 3.73. The molecular formula is C9H15N3O. The van der Waals surface area contributed by atoms with E-state index in [0.29, 0.717) is 5.89 Å². The number of aromatic nitrogens is 2. The first-order valence-corrected chi connectivity index (χ1v) is 4.86. The van der Waals surface area contributed by atoms with E-state index in [-0.39, 0.29) is 5.54 Å². The van der Waals surface area contributed by atoms with Crippen molar-refractivity contribution in [3.05, 3.63) is 11.7 Å². The fraction of sp³-hybridized carbons (Fsp3) is 0.778. The number of rotatable bonds is 2. The second kappa shape index (κ2) is 3.10. The minimum atomic E-state index is -0.333. The highest BCUT2D eigenvalue weighted by Gasteiger charge is 2.36. The van der Waals surface area contributed by atoms with E-state index in [2.05, 4.69) is 10.1 Å². The van der Waals surface area contributed by atoms with Crippen LogP contribution < -0.4 is 5.73 Å². The van der Waals surface area contributed by atoms with Gasteiger partial charge in [0.05, 0.1) is 5.54 Å². The van der Waals surface area contributed by atoms with Crippen LogP contribution in [0.3, 0.4) is 0 Å². The van der Waals surface area contributed by atoms with E-state index in [9.17, 15) is 0 Å². The van der Waals surface area contributed by atoms with Crippen LogP contribution in [0.1, 0.15) is 44.3 Å². The Bertz CT molecular complexity index is 289. The molecule has 4 heteroatoms. The Morgan fingerprint density at radius 3 is 2.69 bits per heavy atom. The second-order valence-corrected chi connectivity index (χ2v) is 3.73. The van der Waals surface area contributed by atoms with Crippen LogP contribution in [0.25, 0.3) is 0 Å². The zero-order valence-corrected chi connectivity index (χ0v) is 7.92. The normalized spacial score (nSPS) is 20.8. The van der Waals surface area contributed by atoms with E-state index in [1.807, 2.05) is 6.92 Å². The first kappa shape index (κ1) is 8.69. The van der Waals surface area contributed by atoms with Crippen molar-refractivity contribution in [1.29, 1.82) is 0 Å². The molecule has 13 heavy (non-hydrogen) atoms. The van der Waals surface area contributed by atoms with Gasteiger partial charge < -0.3 is 10.3 Å². The first-order chi connectivity index (χ1) is 6.24. The fourth-order valence-electron chi connectivity index (χ4n) is 1.82. The topological polar surface area (TPSA) is 64.9 Å². The van der Waals surface area contributed by atoms with Crippen LogP contribution in [-0.2, 0) is 12.0 Å². The van der Waals surface area contributed by atoms with E-state index in [1.165, 1.54) is 12.8 Å². The summed E-state index contributed by atoms with van der Waals surface area (Å²) in [4.78, 5) is 4.28. The Morgan fingerprint density at radius 2 is 2.15 bits per heavy atom. The van der Waals surface area contributed by atoms with Gasteiger partial charge in [0.15, 0.2) is 5.82 Å². The molecule has 0 spiro atoms. The Balaban J connectivity index is 2.23. The average molecular weight is 181 g/mol. The van der Waals surface area contributed by atoms with Gasteiger partial charge in [0.25, 0.3) is 0 Å². The number of hydrogen-bond donors (Lipinski definition) is 1. The molecule has 1 aliphatic rings. The van der Waals surface area contributed by atoms with Gasteiger partial charge in [-0.15, -0.1) is 0 Å². The molecule has 1 aromatic rings. The van der Waals surface area contributed by atoms with Gasteiger partial charge in [-0.3, -0.25) is 0 Å². The lowest BCUT2D eigenvalue weighted by atomic mass is 9.99. The fourth-order valence-corrected chi connectivity index (χ4v) is 1.82. The maximum absolute atomic E-state index is 6.15. The van der Waals surface area contributed by atoms with Gasteiger partial charge in [-0.05, 0) is 12.8 Å². The molecule has 0 amide bonds. The van der Waals surface area contributed by atoms with Crippen LogP contribution in [0.4, 0.5) is 0 Å². The summed E-state index contributed by atoms with van der Waals surface area (Å²) in [5.74, 6) is 1.38. The minimum Gasteiger partial charge on any atom is -0.337 e. The summed E-state index contributed by atoms with van der Waals surface area (Å²) in [5.41, 5.74) is 5.82. The molecule has 0 bridgehead atoms. The van der Waals surface area contributed by atoms with Crippen molar-refractivity contribution < 1.29 is 4.52 Å². The molecule has 1 heterocycles. The summed E-state index contributed by atoms with van der Waals surface area (Å²) in [6.45, 7) is 2.01. The van der Waals surface area contributed by atoms with Gasteiger partial charge >= 0.3 is 0 Å². The van der Waals surface area contributed by atoms with E-state index in [0.717, 1.165) is 25.1 Å². The van der Waals surface area contributed by atoms with E-state index in [1.54, 1.807) is 0 Å². The molecule has 1 aliphatic carbocycles. The molecule has 0 aliphatic heterocycles. The smallest absolute Gasteiger partial charge is 0.246 e. The van der Waals surface area contributed by atoms with Crippen molar-refractivity contribution in [2.75, 3.05) is 0 Å². The van der Waals surface area contributed by atoms with Crippen LogP contribution in [0.5, 0.6) is 0 Å². The van der Waals surface area contributed by atoms with Crippen LogP contribution in [-0.4, -0.2) is 10.1 Å². The molecule has 0 atom stereocenters. The molecule has 1 aromatic heterocycles. The highest BCUT2D eigenvalue weighted by Crippen LogP contribution is 2.35. The van der Waals surface area contributed by atoms with Gasteiger partial charge in [-0.1, -0.05) is 24.9 Å². The molecule has 0 radical (unpaired) electrons. The predicted molar refractivity (Wildman–Crippen MR) is 48.0 cm³/mol. The maximum atomic E-state index is 6.15. The van der Waals surface area contributed by atoms with Crippen molar-refractivity contribution in [2.45, 2.75) is 44.6 Å². The van der Waals surface area contributed by atoms with E-state index >= 15 is 0 Å². The summed E-state index contributed by atoms with van der Waals surface area (Å²) < 4.78 is 5.16. The van der Waals surface area contributed by atoms with Crippen LogP contribution in [0, 0.1) is 0 Å². The van der Waals surface area contributed by atoms with Gasteiger partial charge in [-0.25, -0.2) is 0 Å². The van der Waals surface area contributed by atoms with Crippen LogP contribution >= 0.6 is 0 Å². The molecule has 0 unspecified atom stereocenters. The quantitative estimate of drug-likeness (QED) is 0.748. The molecule has 0 saturated heterocycles. The largest absolute Gasteiger partial charge is 0.337 e. The molecule has 0 aromatic carbocycles. The number of hydrogen-bond acceptors (Lipinski definition) is 4. The minimum absolute atomic E-state index is 0.333. The highest BCUT2D eigenvalue weighted by atomic mass is 16.5. The molecule has 1 saturated carbocycles. The summed E-state index contributed by atoms with van der Waals surface area (Å²) in [6.07, 6.45) is 5.08. The van der Waals surface area contributed by atoms with E-state index in [4.69, 9.17) is 10.3 Å². The zero-order chi connectivity index (χ0) is 9.31. The van der Waals surface area contributed by atoms with Gasteiger partial charge in [0.1, 0.15) is 0 Å². The lowest BCUT2D eigenvalue weighted by molar-refractivity contribution is 0.284. The number of nitrogens with zero attached hydrogens (tertiary/aromatic N) is 2. The number of nitrogens with two attached hydrogens (primary N) is 1. The molecular weight excluding hydrogens is 166 g/mol. The lowest BCUT2D eigenvalue weighted by Gasteiger charge is -2.17. The zero-order valence-electron chi connectivity index (χ0n) is 7.92. The van der Waals surface area contributed by atoms with Crippen molar-refractivity contribution in [3.63, 3.8) is 0 Å². The molecule has 4 nitrogen and oxygen atoms in total. The molecule has 2 N–H and O–H groups in total. The Hall–Kier alpha value is -0.900.